The lowest BCUT2D eigenvalue weighted by Gasteiger charge is -2.16. The zero-order chi connectivity index (χ0) is 13.1. The fourth-order valence-electron chi connectivity index (χ4n) is 1.15. The van der Waals surface area contributed by atoms with Crippen molar-refractivity contribution in [3.63, 3.8) is 0 Å². The van der Waals surface area contributed by atoms with Crippen LogP contribution in [0.4, 0.5) is 0 Å². The lowest BCUT2D eigenvalue weighted by atomic mass is 10.3. The zero-order valence-electron chi connectivity index (χ0n) is 10.9. The van der Waals surface area contributed by atoms with Crippen LogP contribution in [0.25, 0.3) is 0 Å². The molecule has 0 aliphatic heterocycles. The van der Waals surface area contributed by atoms with Gasteiger partial charge in [-0.15, -0.1) is 0 Å². The van der Waals surface area contributed by atoms with Crippen molar-refractivity contribution in [3.8, 4) is 0 Å². The van der Waals surface area contributed by atoms with Gasteiger partial charge >= 0.3 is 0 Å². The summed E-state index contributed by atoms with van der Waals surface area (Å²) in [4.78, 5) is 11.4. The van der Waals surface area contributed by atoms with Crippen molar-refractivity contribution in [3.05, 3.63) is 0 Å². The second-order valence-corrected chi connectivity index (χ2v) is 3.75. The van der Waals surface area contributed by atoms with Crippen molar-refractivity contribution in [1.82, 2.24) is 10.6 Å². The Bertz CT molecular complexity index is 202. The molecule has 0 aromatic heterocycles. The Labute approximate surface area is 103 Å². The van der Waals surface area contributed by atoms with E-state index in [1.807, 2.05) is 6.92 Å². The maximum absolute atomic E-state index is 11.4. The first-order chi connectivity index (χ1) is 8.11. The summed E-state index contributed by atoms with van der Waals surface area (Å²) >= 11 is 0. The first kappa shape index (κ1) is 16.3. The van der Waals surface area contributed by atoms with Gasteiger partial charge < -0.3 is 25.2 Å². The molecule has 0 heterocycles. The molecule has 0 saturated carbocycles. The highest BCUT2D eigenvalue weighted by Gasteiger charge is 2.12. The molecule has 0 aromatic rings. The van der Waals surface area contributed by atoms with E-state index in [4.69, 9.17) is 9.47 Å². The summed E-state index contributed by atoms with van der Waals surface area (Å²) in [5.74, 6) is -0.0694. The van der Waals surface area contributed by atoms with Crippen LogP contribution in [0, 0.1) is 0 Å². The lowest BCUT2D eigenvalue weighted by molar-refractivity contribution is -0.122. The summed E-state index contributed by atoms with van der Waals surface area (Å²) in [5.41, 5.74) is 0. The lowest BCUT2D eigenvalue weighted by Crippen LogP contribution is -2.45. The molecule has 0 rings (SSSR count). The monoisotopic (exact) mass is 248 g/mol. The average molecular weight is 248 g/mol. The highest BCUT2D eigenvalue weighted by Crippen LogP contribution is 1.87. The largest absolute Gasteiger partial charge is 0.389 e. The van der Waals surface area contributed by atoms with Gasteiger partial charge in [-0.1, -0.05) is 0 Å². The van der Waals surface area contributed by atoms with E-state index in [0.717, 1.165) is 0 Å². The minimum atomic E-state index is -0.622. The van der Waals surface area contributed by atoms with Crippen molar-refractivity contribution in [1.29, 1.82) is 0 Å². The molecule has 2 unspecified atom stereocenters. The smallest absolute Gasteiger partial charge is 0.236 e. The van der Waals surface area contributed by atoms with E-state index >= 15 is 0 Å². The highest BCUT2D eigenvalue weighted by atomic mass is 16.5. The minimum Gasteiger partial charge on any atom is -0.389 e. The topological polar surface area (TPSA) is 79.8 Å². The van der Waals surface area contributed by atoms with Crippen LogP contribution < -0.4 is 10.6 Å². The van der Waals surface area contributed by atoms with Crippen molar-refractivity contribution in [2.45, 2.75) is 26.0 Å². The van der Waals surface area contributed by atoms with Crippen LogP contribution in [-0.4, -0.2) is 63.2 Å². The molecule has 6 nitrogen and oxygen atoms in total. The van der Waals surface area contributed by atoms with Gasteiger partial charge in [-0.25, -0.2) is 0 Å². The first-order valence-corrected chi connectivity index (χ1v) is 5.87. The number of aliphatic hydroxyl groups excluding tert-OH is 1. The molecule has 0 saturated heterocycles. The van der Waals surface area contributed by atoms with Crippen LogP contribution in [0.2, 0.25) is 0 Å². The molecule has 0 spiro atoms. The van der Waals surface area contributed by atoms with Crippen LogP contribution in [-0.2, 0) is 14.3 Å². The average Bonchev–Trinajstić information content (AvgIpc) is 2.32. The van der Waals surface area contributed by atoms with E-state index in [1.54, 1.807) is 14.0 Å². The van der Waals surface area contributed by atoms with Gasteiger partial charge in [0.05, 0.1) is 32.0 Å². The van der Waals surface area contributed by atoms with Gasteiger partial charge in [-0.3, -0.25) is 4.79 Å². The number of nitrogens with one attached hydrogen (secondary N) is 2. The second-order valence-electron chi connectivity index (χ2n) is 3.75. The Morgan fingerprint density at radius 2 is 2.12 bits per heavy atom. The van der Waals surface area contributed by atoms with Gasteiger partial charge in [0.2, 0.25) is 5.91 Å². The Morgan fingerprint density at radius 1 is 1.41 bits per heavy atom. The number of likely N-dealkylation sites (N-methyl/N-ethyl adjacent to an activating group) is 1. The predicted octanol–water partition coefficient (Wildman–Crippen LogP) is -0.875. The van der Waals surface area contributed by atoms with Gasteiger partial charge in [0.15, 0.2) is 0 Å². The van der Waals surface area contributed by atoms with E-state index in [2.05, 4.69) is 10.6 Å². The number of amides is 1. The number of aliphatic hydroxyl groups is 1. The summed E-state index contributed by atoms with van der Waals surface area (Å²) in [6, 6.07) is -0.316. The van der Waals surface area contributed by atoms with Gasteiger partial charge in [-0.05, 0) is 13.8 Å². The fourth-order valence-corrected chi connectivity index (χ4v) is 1.15. The van der Waals surface area contributed by atoms with E-state index in [-0.39, 0.29) is 18.6 Å². The first-order valence-electron chi connectivity index (χ1n) is 5.87. The molecule has 0 aliphatic rings. The molecular weight excluding hydrogens is 224 g/mol. The number of methoxy groups -OCH3 is 1. The molecular formula is C11H24N2O4. The molecule has 0 aromatic carbocycles. The van der Waals surface area contributed by atoms with Crippen LogP contribution >= 0.6 is 0 Å². The number of hydrogen-bond acceptors (Lipinski definition) is 5. The molecule has 17 heavy (non-hydrogen) atoms. The summed E-state index contributed by atoms with van der Waals surface area (Å²) < 4.78 is 9.97. The molecule has 2 atom stereocenters. The molecule has 1 amide bonds. The van der Waals surface area contributed by atoms with Gasteiger partial charge in [0, 0.05) is 20.2 Å². The third kappa shape index (κ3) is 9.05. The number of rotatable bonds is 10. The molecule has 0 radical (unpaired) electrons. The fraction of sp³-hybridized carbons (Fsp3) is 0.909. The SMILES string of the molecule is CCNC(=O)C(C)NCC(O)COCCOC. The molecule has 0 fully saturated rings. The van der Waals surface area contributed by atoms with Crippen LogP contribution in [0.5, 0.6) is 0 Å². The number of carbonyl (C=O) groups excluding carboxylic acids is 1. The van der Waals surface area contributed by atoms with Gasteiger partial charge in [0.1, 0.15) is 0 Å². The summed E-state index contributed by atoms with van der Waals surface area (Å²) in [6.07, 6.45) is -0.622. The molecule has 0 aliphatic carbocycles. The van der Waals surface area contributed by atoms with Gasteiger partial charge in [-0.2, -0.15) is 0 Å². The number of hydrogen-bond donors (Lipinski definition) is 3. The third-order valence-electron chi connectivity index (χ3n) is 2.15. The Hall–Kier alpha value is -0.690. The highest BCUT2D eigenvalue weighted by molar-refractivity contribution is 5.81. The van der Waals surface area contributed by atoms with Crippen LogP contribution in [0.15, 0.2) is 0 Å². The van der Waals surface area contributed by atoms with E-state index in [1.165, 1.54) is 0 Å². The quantitative estimate of drug-likeness (QED) is 0.438. The van der Waals surface area contributed by atoms with Crippen molar-refractivity contribution >= 4 is 5.91 Å². The summed E-state index contributed by atoms with van der Waals surface area (Å²) in [7, 11) is 1.59. The maximum Gasteiger partial charge on any atom is 0.236 e. The van der Waals surface area contributed by atoms with Crippen LogP contribution in [0.3, 0.4) is 0 Å². The normalized spacial score (nSPS) is 14.4. The number of ether oxygens (including phenoxy) is 2. The number of carbonyl (C=O) groups is 1. The molecule has 0 bridgehead atoms. The molecule has 102 valence electrons. The predicted molar refractivity (Wildman–Crippen MR) is 64.9 cm³/mol. The van der Waals surface area contributed by atoms with Gasteiger partial charge in [0.25, 0.3) is 0 Å². The Morgan fingerprint density at radius 3 is 2.71 bits per heavy atom. The maximum atomic E-state index is 11.4. The standard InChI is InChI=1S/C11H24N2O4/c1-4-12-11(15)9(2)13-7-10(14)8-17-6-5-16-3/h9-10,13-14H,4-8H2,1-3H3,(H,12,15). The van der Waals surface area contributed by atoms with Crippen molar-refractivity contribution < 1.29 is 19.4 Å². The molecule has 3 N–H and O–H groups in total. The zero-order valence-corrected chi connectivity index (χ0v) is 10.9. The summed E-state index contributed by atoms with van der Waals surface area (Å²) in [5, 5.41) is 15.2. The Kier molecular flexibility index (Phi) is 10.0. The molecule has 6 heteroatoms. The van der Waals surface area contributed by atoms with E-state index in [9.17, 15) is 9.90 Å². The summed E-state index contributed by atoms with van der Waals surface area (Å²) in [6.45, 7) is 5.75. The van der Waals surface area contributed by atoms with E-state index < -0.39 is 6.10 Å². The minimum absolute atomic E-state index is 0.0694. The van der Waals surface area contributed by atoms with Crippen molar-refractivity contribution in [2.75, 3.05) is 40.0 Å². The van der Waals surface area contributed by atoms with Crippen molar-refractivity contribution in [2.24, 2.45) is 0 Å². The third-order valence-corrected chi connectivity index (χ3v) is 2.15. The van der Waals surface area contributed by atoms with Crippen LogP contribution in [0.1, 0.15) is 13.8 Å². The van der Waals surface area contributed by atoms with E-state index in [0.29, 0.717) is 26.3 Å². The Balaban J connectivity index is 3.54. The second kappa shape index (κ2) is 10.5.